The predicted octanol–water partition coefficient (Wildman–Crippen LogP) is 0.832. The van der Waals surface area contributed by atoms with Crippen LogP contribution >= 0.6 is 11.6 Å². The van der Waals surface area contributed by atoms with Crippen LogP contribution in [0.5, 0.6) is 0 Å². The van der Waals surface area contributed by atoms with Crippen LogP contribution < -0.4 is 0 Å². The molecule has 0 unspecified atom stereocenters. The first-order valence-corrected chi connectivity index (χ1v) is 7.08. The van der Waals surface area contributed by atoms with Gasteiger partial charge in [0, 0.05) is 7.05 Å². The summed E-state index contributed by atoms with van der Waals surface area (Å²) in [4.78, 5) is 21.7. The topological polar surface area (TPSA) is 101 Å². The van der Waals surface area contributed by atoms with Crippen molar-refractivity contribution < 1.29 is 27.9 Å². The molecule has 1 rings (SSSR count). The summed E-state index contributed by atoms with van der Waals surface area (Å²) in [5.41, 5.74) is -0.334. The van der Waals surface area contributed by atoms with Gasteiger partial charge in [-0.25, -0.2) is 13.2 Å². The molecule has 9 heteroatoms. The number of benzene rings is 1. The predicted molar refractivity (Wildman–Crippen MR) is 70.2 cm³/mol. The van der Waals surface area contributed by atoms with E-state index >= 15 is 0 Å². The van der Waals surface area contributed by atoms with Gasteiger partial charge in [-0.05, 0) is 18.2 Å². The number of carbonyl (C=O) groups is 2. The highest BCUT2D eigenvalue weighted by Crippen LogP contribution is 2.22. The van der Waals surface area contributed by atoms with Crippen LogP contribution in [0, 0.1) is 0 Å². The summed E-state index contributed by atoms with van der Waals surface area (Å²) >= 11 is 5.66. The molecule has 0 aliphatic carbocycles. The fraction of sp³-hybridized carbons (Fsp3) is 0.273. The zero-order chi connectivity index (χ0) is 15.5. The first-order valence-electron chi connectivity index (χ1n) is 5.26. The van der Waals surface area contributed by atoms with Gasteiger partial charge in [0.1, 0.15) is 6.54 Å². The summed E-state index contributed by atoms with van der Waals surface area (Å²) < 4.78 is 29.4. The van der Waals surface area contributed by atoms with Gasteiger partial charge in [0.2, 0.25) is 10.0 Å². The van der Waals surface area contributed by atoms with E-state index in [1.807, 2.05) is 0 Å². The molecule has 0 saturated carbocycles. The van der Waals surface area contributed by atoms with Crippen molar-refractivity contribution in [2.75, 3.05) is 20.7 Å². The van der Waals surface area contributed by atoms with Gasteiger partial charge in [0.15, 0.2) is 0 Å². The molecule has 0 amide bonds. The largest absolute Gasteiger partial charge is 0.478 e. The van der Waals surface area contributed by atoms with Crippen LogP contribution in [0.2, 0.25) is 5.02 Å². The normalized spacial score (nSPS) is 11.4. The maximum atomic E-state index is 12.2. The summed E-state index contributed by atoms with van der Waals surface area (Å²) in [5, 5.41) is 8.83. The van der Waals surface area contributed by atoms with Crippen molar-refractivity contribution in [1.82, 2.24) is 4.31 Å². The molecule has 0 saturated heterocycles. The molecule has 0 aliphatic rings. The Morgan fingerprint density at radius 3 is 2.50 bits per heavy atom. The second kappa shape index (κ2) is 6.21. The third-order valence-electron chi connectivity index (χ3n) is 2.46. The molecular formula is C11H12ClNO6S. The van der Waals surface area contributed by atoms with Gasteiger partial charge in [0.05, 0.1) is 22.6 Å². The van der Waals surface area contributed by atoms with Crippen molar-refractivity contribution in [3.63, 3.8) is 0 Å². The van der Waals surface area contributed by atoms with Crippen LogP contribution in [-0.2, 0) is 19.6 Å². The lowest BCUT2D eigenvalue weighted by molar-refractivity contribution is -0.140. The number of carbonyl (C=O) groups excluding carboxylic acids is 1. The van der Waals surface area contributed by atoms with E-state index in [2.05, 4.69) is 4.74 Å². The number of likely N-dealkylation sites (N-methyl/N-ethyl adjacent to an activating group) is 1. The molecule has 1 aromatic rings. The van der Waals surface area contributed by atoms with Gasteiger partial charge < -0.3 is 9.84 Å². The number of carboxylic acid groups (broad SMARTS) is 1. The van der Waals surface area contributed by atoms with Crippen LogP contribution in [0.4, 0.5) is 0 Å². The highest BCUT2D eigenvalue weighted by Gasteiger charge is 2.25. The molecule has 0 atom stereocenters. The minimum absolute atomic E-state index is 0.0768. The van der Waals surface area contributed by atoms with E-state index < -0.39 is 28.5 Å². The van der Waals surface area contributed by atoms with E-state index in [1.54, 1.807) is 0 Å². The zero-order valence-corrected chi connectivity index (χ0v) is 12.2. The van der Waals surface area contributed by atoms with Gasteiger partial charge in [0.25, 0.3) is 0 Å². The third-order valence-corrected chi connectivity index (χ3v) is 4.58. The lowest BCUT2D eigenvalue weighted by Gasteiger charge is -2.16. The van der Waals surface area contributed by atoms with Gasteiger partial charge >= 0.3 is 11.9 Å². The Kier molecular flexibility index (Phi) is 5.09. The number of sulfonamides is 1. The van der Waals surface area contributed by atoms with E-state index in [4.69, 9.17) is 16.7 Å². The van der Waals surface area contributed by atoms with Crippen molar-refractivity contribution in [2.24, 2.45) is 0 Å². The molecule has 0 bridgehead atoms. The second-order valence-electron chi connectivity index (χ2n) is 3.78. The van der Waals surface area contributed by atoms with Crippen LogP contribution in [0.25, 0.3) is 0 Å². The maximum Gasteiger partial charge on any atom is 0.337 e. The number of aromatic carboxylic acids is 1. The number of carboxylic acids is 1. The lowest BCUT2D eigenvalue weighted by atomic mass is 10.2. The standard InChI is InChI=1S/C11H12ClNO6S/c1-13(6-10(14)19-2)20(17,18)7-3-4-9(12)8(5-7)11(15)16/h3-5H,6H2,1-2H3,(H,15,16). The van der Waals surface area contributed by atoms with Crippen molar-refractivity contribution in [3.05, 3.63) is 28.8 Å². The number of halogens is 1. The molecule has 0 aromatic heterocycles. The fourth-order valence-electron chi connectivity index (χ4n) is 1.34. The lowest BCUT2D eigenvalue weighted by Crippen LogP contribution is -2.32. The Hall–Kier alpha value is -1.64. The minimum atomic E-state index is -4.01. The summed E-state index contributed by atoms with van der Waals surface area (Å²) in [5.74, 6) is -2.08. The molecule has 110 valence electrons. The smallest absolute Gasteiger partial charge is 0.337 e. The Balaban J connectivity index is 3.19. The molecule has 0 spiro atoms. The first kappa shape index (κ1) is 16.4. The molecule has 20 heavy (non-hydrogen) atoms. The molecule has 0 heterocycles. The Morgan fingerprint density at radius 1 is 1.40 bits per heavy atom. The average Bonchev–Trinajstić information content (AvgIpc) is 2.38. The summed E-state index contributed by atoms with van der Waals surface area (Å²) in [7, 11) is -1.69. The van der Waals surface area contributed by atoms with E-state index in [9.17, 15) is 18.0 Å². The average molecular weight is 322 g/mol. The highest BCUT2D eigenvalue weighted by atomic mass is 35.5. The van der Waals surface area contributed by atoms with Gasteiger partial charge in [-0.3, -0.25) is 4.79 Å². The summed E-state index contributed by atoms with van der Waals surface area (Å²) in [6.45, 7) is -0.482. The van der Waals surface area contributed by atoms with Crippen molar-refractivity contribution >= 4 is 33.6 Å². The summed E-state index contributed by atoms with van der Waals surface area (Å²) in [6, 6.07) is 3.27. The SMILES string of the molecule is COC(=O)CN(C)S(=O)(=O)c1ccc(Cl)c(C(=O)O)c1. The quantitative estimate of drug-likeness (QED) is 0.806. The molecule has 0 aliphatic heterocycles. The number of rotatable bonds is 5. The van der Waals surface area contributed by atoms with Gasteiger partial charge in [-0.1, -0.05) is 11.6 Å². The molecular weight excluding hydrogens is 310 g/mol. The molecule has 1 N–H and O–H groups in total. The van der Waals surface area contributed by atoms with E-state index in [1.165, 1.54) is 13.1 Å². The van der Waals surface area contributed by atoms with Gasteiger partial charge in [-0.15, -0.1) is 0 Å². The Bertz CT molecular complexity index is 642. The van der Waals surface area contributed by atoms with Crippen LogP contribution in [-0.4, -0.2) is 50.5 Å². The van der Waals surface area contributed by atoms with Crippen LogP contribution in [0.1, 0.15) is 10.4 Å². The first-order chi connectivity index (χ1) is 9.20. The van der Waals surface area contributed by atoms with Crippen LogP contribution in [0.15, 0.2) is 23.1 Å². The van der Waals surface area contributed by atoms with E-state index in [-0.39, 0.29) is 15.5 Å². The Labute approximate surface area is 120 Å². The number of esters is 1. The number of hydrogen-bond donors (Lipinski definition) is 1. The third kappa shape index (κ3) is 3.47. The zero-order valence-electron chi connectivity index (χ0n) is 10.7. The second-order valence-corrected chi connectivity index (χ2v) is 6.24. The minimum Gasteiger partial charge on any atom is -0.478 e. The van der Waals surface area contributed by atoms with E-state index in [0.717, 1.165) is 23.5 Å². The number of hydrogen-bond acceptors (Lipinski definition) is 5. The Morgan fingerprint density at radius 2 is 2.00 bits per heavy atom. The number of nitrogens with zero attached hydrogens (tertiary/aromatic N) is 1. The number of methoxy groups -OCH3 is 1. The molecule has 7 nitrogen and oxygen atoms in total. The van der Waals surface area contributed by atoms with Crippen molar-refractivity contribution in [2.45, 2.75) is 4.90 Å². The van der Waals surface area contributed by atoms with Crippen LogP contribution in [0.3, 0.4) is 0 Å². The summed E-state index contributed by atoms with van der Waals surface area (Å²) in [6.07, 6.45) is 0. The van der Waals surface area contributed by atoms with Crippen molar-refractivity contribution in [3.8, 4) is 0 Å². The van der Waals surface area contributed by atoms with E-state index in [0.29, 0.717) is 0 Å². The molecule has 1 aromatic carbocycles. The highest BCUT2D eigenvalue weighted by molar-refractivity contribution is 7.89. The molecule has 0 radical (unpaired) electrons. The number of ether oxygens (including phenoxy) is 1. The van der Waals surface area contributed by atoms with Gasteiger partial charge in [-0.2, -0.15) is 4.31 Å². The fourth-order valence-corrected chi connectivity index (χ4v) is 2.68. The monoisotopic (exact) mass is 321 g/mol. The maximum absolute atomic E-state index is 12.2. The van der Waals surface area contributed by atoms with Crippen molar-refractivity contribution in [1.29, 1.82) is 0 Å². The molecule has 0 fully saturated rings.